The summed E-state index contributed by atoms with van der Waals surface area (Å²) in [4.78, 5) is 4.34. The molecule has 0 saturated heterocycles. The molecule has 0 unspecified atom stereocenters. The second kappa shape index (κ2) is 4.14. The maximum Gasteiger partial charge on any atom is 0.205 e. The number of nitrogen functional groups attached to an aromatic ring is 1. The number of nitrogens with two attached hydrogens (primary N) is 1. The summed E-state index contributed by atoms with van der Waals surface area (Å²) in [6, 6.07) is 15.5. The second-order valence-corrected chi connectivity index (χ2v) is 4.46. The van der Waals surface area contributed by atoms with Crippen LogP contribution < -0.4 is 5.73 Å². The summed E-state index contributed by atoms with van der Waals surface area (Å²) in [6.07, 6.45) is 0. The zero-order chi connectivity index (χ0) is 13.4. The first kappa shape index (κ1) is 11.3. The van der Waals surface area contributed by atoms with Crippen molar-refractivity contribution in [1.82, 2.24) is 9.55 Å². The van der Waals surface area contributed by atoms with Gasteiger partial charge in [-0.15, -0.1) is 0 Å². The first-order valence-electron chi connectivity index (χ1n) is 5.94. The van der Waals surface area contributed by atoms with Gasteiger partial charge in [0.1, 0.15) is 0 Å². The van der Waals surface area contributed by atoms with Crippen molar-refractivity contribution in [1.29, 1.82) is 5.26 Å². The highest BCUT2D eigenvalue weighted by Gasteiger charge is 2.10. The highest BCUT2D eigenvalue weighted by Crippen LogP contribution is 2.24. The largest absolute Gasteiger partial charge is 0.369 e. The monoisotopic (exact) mass is 248 g/mol. The van der Waals surface area contributed by atoms with Gasteiger partial charge >= 0.3 is 0 Å². The lowest BCUT2D eigenvalue weighted by Crippen LogP contribution is -2.00. The third-order valence-corrected chi connectivity index (χ3v) is 3.07. The van der Waals surface area contributed by atoms with E-state index in [1.54, 1.807) is 12.1 Å². The second-order valence-electron chi connectivity index (χ2n) is 4.46. The molecule has 4 heteroatoms. The van der Waals surface area contributed by atoms with Crippen LogP contribution >= 0.6 is 0 Å². The molecule has 0 aliphatic rings. The van der Waals surface area contributed by atoms with Crippen molar-refractivity contribution in [3.63, 3.8) is 0 Å². The first-order valence-corrected chi connectivity index (χ1v) is 5.94. The summed E-state index contributed by atoms with van der Waals surface area (Å²) in [7, 11) is 0. The maximum absolute atomic E-state index is 8.98. The van der Waals surface area contributed by atoms with Crippen LogP contribution in [-0.4, -0.2) is 9.55 Å². The molecule has 2 N–H and O–H groups in total. The van der Waals surface area contributed by atoms with Gasteiger partial charge in [0.15, 0.2) is 0 Å². The Morgan fingerprint density at radius 1 is 1.21 bits per heavy atom. The number of nitrogens with zero attached hydrogens (tertiary/aromatic N) is 3. The van der Waals surface area contributed by atoms with Crippen LogP contribution in [0, 0.1) is 18.3 Å². The Bertz CT molecular complexity index is 809. The topological polar surface area (TPSA) is 67.6 Å². The molecule has 0 spiro atoms. The van der Waals surface area contributed by atoms with Gasteiger partial charge in [0, 0.05) is 0 Å². The Morgan fingerprint density at radius 2 is 2.05 bits per heavy atom. The summed E-state index contributed by atoms with van der Waals surface area (Å²) in [6.45, 7) is 2.03. The number of fused-ring (bicyclic) bond motifs is 1. The first-order chi connectivity index (χ1) is 9.19. The fourth-order valence-corrected chi connectivity index (χ4v) is 2.19. The van der Waals surface area contributed by atoms with Crippen LogP contribution in [0.1, 0.15) is 11.1 Å². The molecule has 2 aromatic carbocycles. The minimum Gasteiger partial charge on any atom is -0.369 e. The van der Waals surface area contributed by atoms with Gasteiger partial charge in [0.2, 0.25) is 5.95 Å². The van der Waals surface area contributed by atoms with Crippen molar-refractivity contribution in [2.75, 3.05) is 5.73 Å². The lowest BCUT2D eigenvalue weighted by atomic mass is 10.2. The van der Waals surface area contributed by atoms with E-state index in [2.05, 4.69) is 11.1 Å². The number of benzene rings is 2. The van der Waals surface area contributed by atoms with Gasteiger partial charge < -0.3 is 5.73 Å². The molecule has 92 valence electrons. The SMILES string of the molecule is Cc1ccc2nc(N)n(-c3cccc(C#N)c3)c2c1. The molecule has 3 aromatic rings. The van der Waals surface area contributed by atoms with Gasteiger partial charge in [-0.25, -0.2) is 4.98 Å². The molecular weight excluding hydrogens is 236 g/mol. The van der Waals surface area contributed by atoms with Gasteiger partial charge in [-0.3, -0.25) is 4.57 Å². The number of rotatable bonds is 1. The molecule has 0 aliphatic carbocycles. The third kappa shape index (κ3) is 1.81. The summed E-state index contributed by atoms with van der Waals surface area (Å²) >= 11 is 0. The normalized spacial score (nSPS) is 10.5. The van der Waals surface area contributed by atoms with Crippen molar-refractivity contribution >= 4 is 17.0 Å². The number of aryl methyl sites for hydroxylation is 1. The van der Waals surface area contributed by atoms with Gasteiger partial charge in [-0.1, -0.05) is 12.1 Å². The van der Waals surface area contributed by atoms with Crippen molar-refractivity contribution in [2.24, 2.45) is 0 Å². The van der Waals surface area contributed by atoms with Gasteiger partial charge in [0.25, 0.3) is 0 Å². The number of aromatic nitrogens is 2. The van der Waals surface area contributed by atoms with E-state index in [1.165, 1.54) is 0 Å². The molecular formula is C15H12N4. The minimum absolute atomic E-state index is 0.427. The minimum atomic E-state index is 0.427. The van der Waals surface area contributed by atoms with Crippen molar-refractivity contribution < 1.29 is 0 Å². The number of imidazole rings is 1. The highest BCUT2D eigenvalue weighted by atomic mass is 15.2. The van der Waals surface area contributed by atoms with Crippen molar-refractivity contribution in [3.8, 4) is 11.8 Å². The molecule has 0 amide bonds. The molecule has 1 heterocycles. The van der Waals surface area contributed by atoms with Crippen LogP contribution in [0.3, 0.4) is 0 Å². The maximum atomic E-state index is 8.98. The van der Waals surface area contributed by atoms with Crippen LogP contribution in [0.2, 0.25) is 0 Å². The quantitative estimate of drug-likeness (QED) is 0.720. The zero-order valence-corrected chi connectivity index (χ0v) is 10.5. The number of nitriles is 1. The molecule has 4 nitrogen and oxygen atoms in total. The van der Waals surface area contributed by atoms with E-state index in [0.29, 0.717) is 11.5 Å². The molecule has 0 saturated carbocycles. The zero-order valence-electron chi connectivity index (χ0n) is 10.5. The molecule has 0 bridgehead atoms. The van der Waals surface area contributed by atoms with Crippen LogP contribution in [0.25, 0.3) is 16.7 Å². The van der Waals surface area contributed by atoms with E-state index in [-0.39, 0.29) is 0 Å². The Labute approximate surface area is 110 Å². The predicted octanol–water partition coefficient (Wildman–Crippen LogP) is 2.79. The lowest BCUT2D eigenvalue weighted by molar-refractivity contribution is 1.11. The van der Waals surface area contributed by atoms with E-state index < -0.39 is 0 Å². The Morgan fingerprint density at radius 3 is 2.84 bits per heavy atom. The van der Waals surface area contributed by atoms with Gasteiger partial charge in [-0.2, -0.15) is 5.26 Å². The number of anilines is 1. The van der Waals surface area contributed by atoms with Gasteiger partial charge in [0.05, 0.1) is 28.4 Å². The molecule has 3 rings (SSSR count). The molecule has 19 heavy (non-hydrogen) atoms. The number of hydrogen-bond acceptors (Lipinski definition) is 3. The van der Waals surface area contributed by atoms with E-state index >= 15 is 0 Å². The van der Waals surface area contributed by atoms with Crippen molar-refractivity contribution in [2.45, 2.75) is 6.92 Å². The Hall–Kier alpha value is -2.80. The van der Waals surface area contributed by atoms with Gasteiger partial charge in [-0.05, 0) is 42.8 Å². The van der Waals surface area contributed by atoms with Crippen LogP contribution in [-0.2, 0) is 0 Å². The highest BCUT2D eigenvalue weighted by molar-refractivity contribution is 5.81. The van der Waals surface area contributed by atoms with E-state index in [1.807, 2.05) is 41.8 Å². The predicted molar refractivity (Wildman–Crippen MR) is 74.9 cm³/mol. The molecule has 0 atom stereocenters. The van der Waals surface area contributed by atoms with Crippen LogP contribution in [0.5, 0.6) is 0 Å². The lowest BCUT2D eigenvalue weighted by Gasteiger charge is -2.07. The Kier molecular flexibility index (Phi) is 2.46. The third-order valence-electron chi connectivity index (χ3n) is 3.07. The summed E-state index contributed by atoms with van der Waals surface area (Å²) < 4.78 is 1.86. The molecule has 0 fully saturated rings. The summed E-state index contributed by atoms with van der Waals surface area (Å²) in [5.74, 6) is 0.427. The summed E-state index contributed by atoms with van der Waals surface area (Å²) in [5.41, 5.74) is 10.4. The molecule has 1 aromatic heterocycles. The Balaban J connectivity index is 2.32. The average molecular weight is 248 g/mol. The smallest absolute Gasteiger partial charge is 0.205 e. The van der Waals surface area contributed by atoms with Crippen LogP contribution in [0.4, 0.5) is 5.95 Å². The fourth-order valence-electron chi connectivity index (χ4n) is 2.19. The molecule has 0 aliphatic heterocycles. The van der Waals surface area contributed by atoms with Crippen LogP contribution in [0.15, 0.2) is 42.5 Å². The fraction of sp³-hybridized carbons (Fsp3) is 0.0667. The van der Waals surface area contributed by atoms with Crippen molar-refractivity contribution in [3.05, 3.63) is 53.6 Å². The van der Waals surface area contributed by atoms with E-state index in [4.69, 9.17) is 11.0 Å². The van der Waals surface area contributed by atoms with E-state index in [0.717, 1.165) is 22.3 Å². The van der Waals surface area contributed by atoms with E-state index in [9.17, 15) is 0 Å². The molecule has 0 radical (unpaired) electrons. The number of hydrogen-bond donors (Lipinski definition) is 1. The summed E-state index contributed by atoms with van der Waals surface area (Å²) in [5, 5.41) is 8.98. The average Bonchev–Trinajstić information content (AvgIpc) is 2.74. The standard InChI is InChI=1S/C15H12N4/c1-10-5-6-13-14(7-10)19(15(17)18-13)12-4-2-3-11(8-12)9-16/h2-8H,1H3,(H2,17,18).